The number of benzene rings is 1. The first-order valence-corrected chi connectivity index (χ1v) is 5.08. The molecule has 0 aliphatic carbocycles. The molecule has 1 aromatic heterocycles. The number of halogens is 5. The number of rotatable bonds is 1. The third kappa shape index (κ3) is 2.34. The number of hydrogen-bond donors (Lipinski definition) is 0. The van der Waals surface area contributed by atoms with Crippen molar-refractivity contribution >= 4 is 22.5 Å². The molecule has 1 unspecified atom stereocenters. The summed E-state index contributed by atoms with van der Waals surface area (Å²) in [6.45, 7) is 0. The third-order valence-corrected chi connectivity index (χ3v) is 2.51. The number of alkyl halides is 5. The lowest BCUT2D eigenvalue weighted by atomic mass is 10.1. The van der Waals surface area contributed by atoms with Crippen LogP contribution in [0.4, 0.5) is 17.6 Å². The van der Waals surface area contributed by atoms with E-state index in [4.69, 9.17) is 11.6 Å². The topological polar surface area (TPSA) is 12.9 Å². The summed E-state index contributed by atoms with van der Waals surface area (Å²) >= 11 is 5.24. The number of aromatic nitrogens is 1. The van der Waals surface area contributed by atoms with E-state index in [0.29, 0.717) is 6.07 Å². The predicted octanol–water partition coefficient (Wildman–Crippen LogP) is 4.46. The molecular formula is C11H6ClF4N. The fraction of sp³-hybridized carbons (Fsp3) is 0.182. The van der Waals surface area contributed by atoms with Gasteiger partial charge in [0.2, 0.25) is 0 Å². The van der Waals surface area contributed by atoms with Crippen LogP contribution in [0.5, 0.6) is 0 Å². The molecule has 0 saturated heterocycles. The largest absolute Gasteiger partial charge is 0.433 e. The van der Waals surface area contributed by atoms with Crippen LogP contribution in [0.25, 0.3) is 10.9 Å². The highest BCUT2D eigenvalue weighted by molar-refractivity contribution is 6.20. The second kappa shape index (κ2) is 4.14. The molecule has 0 radical (unpaired) electrons. The van der Waals surface area contributed by atoms with Gasteiger partial charge in [-0.15, -0.1) is 0 Å². The van der Waals surface area contributed by atoms with Crippen molar-refractivity contribution in [3.05, 3.63) is 41.6 Å². The Bertz CT molecular complexity index is 551. The first kappa shape index (κ1) is 12.1. The van der Waals surface area contributed by atoms with E-state index in [1.165, 1.54) is 18.2 Å². The van der Waals surface area contributed by atoms with Gasteiger partial charge in [0, 0.05) is 10.9 Å². The lowest BCUT2D eigenvalue weighted by Gasteiger charge is -2.11. The maximum absolute atomic E-state index is 13.1. The monoisotopic (exact) mass is 263 g/mol. The zero-order valence-corrected chi connectivity index (χ0v) is 9.06. The summed E-state index contributed by atoms with van der Waals surface area (Å²) in [6, 6.07) is 6.61. The Labute approximate surface area is 99.0 Å². The SMILES string of the molecule is FC(Cl)c1cc(C(F)(F)F)nc2ccccc12. The Balaban J connectivity index is 2.76. The molecule has 0 aliphatic heterocycles. The van der Waals surface area contributed by atoms with Gasteiger partial charge in [-0.1, -0.05) is 29.8 Å². The van der Waals surface area contributed by atoms with E-state index in [0.717, 1.165) is 0 Å². The average Bonchev–Trinajstić information content (AvgIpc) is 2.26. The fourth-order valence-corrected chi connectivity index (χ4v) is 1.71. The molecule has 0 aliphatic rings. The number of pyridine rings is 1. The van der Waals surface area contributed by atoms with Crippen molar-refractivity contribution in [2.24, 2.45) is 0 Å². The molecule has 0 N–H and O–H groups in total. The van der Waals surface area contributed by atoms with Crippen LogP contribution in [-0.2, 0) is 6.18 Å². The number of para-hydroxylation sites is 1. The van der Waals surface area contributed by atoms with Crippen LogP contribution in [0.3, 0.4) is 0 Å². The normalized spacial score (nSPS) is 13.9. The van der Waals surface area contributed by atoms with Crippen molar-refractivity contribution in [1.29, 1.82) is 0 Å². The van der Waals surface area contributed by atoms with Crippen molar-refractivity contribution in [1.82, 2.24) is 4.98 Å². The Morgan fingerprint density at radius 2 is 1.82 bits per heavy atom. The van der Waals surface area contributed by atoms with Crippen LogP contribution in [0, 0.1) is 0 Å². The Morgan fingerprint density at radius 1 is 1.18 bits per heavy atom. The second-order valence-electron chi connectivity index (χ2n) is 3.41. The van der Waals surface area contributed by atoms with Crippen molar-refractivity contribution < 1.29 is 17.6 Å². The van der Waals surface area contributed by atoms with Crippen molar-refractivity contribution in [3.63, 3.8) is 0 Å². The van der Waals surface area contributed by atoms with E-state index in [1.54, 1.807) is 6.07 Å². The van der Waals surface area contributed by atoms with E-state index < -0.39 is 17.5 Å². The molecular weight excluding hydrogens is 258 g/mol. The van der Waals surface area contributed by atoms with Gasteiger partial charge in [0.25, 0.3) is 0 Å². The average molecular weight is 264 g/mol. The summed E-state index contributed by atoms with van der Waals surface area (Å²) in [7, 11) is 0. The molecule has 0 saturated carbocycles. The van der Waals surface area contributed by atoms with E-state index in [9.17, 15) is 17.6 Å². The van der Waals surface area contributed by atoms with Crippen LogP contribution in [0.2, 0.25) is 0 Å². The zero-order chi connectivity index (χ0) is 12.6. The van der Waals surface area contributed by atoms with Crippen LogP contribution in [0.15, 0.2) is 30.3 Å². The number of nitrogens with zero attached hydrogens (tertiary/aromatic N) is 1. The van der Waals surface area contributed by atoms with Gasteiger partial charge in [-0.25, -0.2) is 9.37 Å². The van der Waals surface area contributed by atoms with Gasteiger partial charge in [0.15, 0.2) is 5.63 Å². The highest BCUT2D eigenvalue weighted by Gasteiger charge is 2.33. The molecule has 17 heavy (non-hydrogen) atoms. The summed E-state index contributed by atoms with van der Waals surface area (Å²) in [5, 5.41) is 0.281. The maximum atomic E-state index is 13.1. The summed E-state index contributed by atoms with van der Waals surface area (Å²) in [6.07, 6.45) is -4.62. The molecule has 1 heterocycles. The standard InChI is InChI=1S/C11H6ClF4N/c12-10(13)7-5-9(11(14,15)16)17-8-4-2-1-3-6(7)8/h1-5,10H. The summed E-state index contributed by atoms with van der Waals surface area (Å²) < 4.78 is 50.7. The molecule has 2 aromatic rings. The third-order valence-electron chi connectivity index (χ3n) is 2.27. The molecule has 1 atom stereocenters. The molecule has 6 heteroatoms. The van der Waals surface area contributed by atoms with Crippen LogP contribution in [-0.4, -0.2) is 4.98 Å². The first-order valence-electron chi connectivity index (χ1n) is 4.64. The van der Waals surface area contributed by atoms with Gasteiger partial charge >= 0.3 is 6.18 Å². The minimum absolute atomic E-state index is 0.0700. The van der Waals surface area contributed by atoms with Crippen LogP contribution in [0.1, 0.15) is 16.9 Å². The highest BCUT2D eigenvalue weighted by Crippen LogP contribution is 2.35. The summed E-state index contributed by atoms with van der Waals surface area (Å²) in [4.78, 5) is 3.44. The molecule has 1 aromatic carbocycles. The first-order chi connectivity index (χ1) is 7.89. The van der Waals surface area contributed by atoms with Gasteiger partial charge in [0.05, 0.1) is 5.52 Å². The molecule has 0 spiro atoms. The summed E-state index contributed by atoms with van der Waals surface area (Å²) in [5.74, 6) is 0. The van der Waals surface area contributed by atoms with E-state index in [-0.39, 0.29) is 16.5 Å². The lowest BCUT2D eigenvalue weighted by molar-refractivity contribution is -0.141. The molecule has 90 valence electrons. The smallest absolute Gasteiger partial charge is 0.243 e. The fourth-order valence-electron chi connectivity index (χ4n) is 1.53. The predicted molar refractivity (Wildman–Crippen MR) is 56.4 cm³/mol. The van der Waals surface area contributed by atoms with Crippen LogP contribution >= 0.6 is 11.6 Å². The van der Waals surface area contributed by atoms with Gasteiger partial charge in [-0.05, 0) is 12.1 Å². The molecule has 0 amide bonds. The molecule has 0 fully saturated rings. The Kier molecular flexibility index (Phi) is 2.95. The molecule has 2 rings (SSSR count). The maximum Gasteiger partial charge on any atom is 0.433 e. The second-order valence-corrected chi connectivity index (χ2v) is 3.80. The van der Waals surface area contributed by atoms with Crippen LogP contribution < -0.4 is 0 Å². The van der Waals surface area contributed by atoms with Gasteiger partial charge in [0.1, 0.15) is 5.69 Å². The lowest BCUT2D eigenvalue weighted by Crippen LogP contribution is -2.09. The Morgan fingerprint density at radius 3 is 2.41 bits per heavy atom. The van der Waals surface area contributed by atoms with Gasteiger partial charge in [-0.2, -0.15) is 13.2 Å². The van der Waals surface area contributed by atoms with Crippen molar-refractivity contribution in [2.45, 2.75) is 11.8 Å². The van der Waals surface area contributed by atoms with E-state index in [2.05, 4.69) is 4.98 Å². The quantitative estimate of drug-likeness (QED) is 0.547. The summed E-state index contributed by atoms with van der Waals surface area (Å²) in [5.41, 5.74) is -3.29. The Hall–Kier alpha value is -1.36. The van der Waals surface area contributed by atoms with Gasteiger partial charge < -0.3 is 0 Å². The van der Waals surface area contributed by atoms with Gasteiger partial charge in [-0.3, -0.25) is 0 Å². The minimum Gasteiger partial charge on any atom is -0.243 e. The van der Waals surface area contributed by atoms with E-state index in [1.807, 2.05) is 0 Å². The number of fused-ring (bicyclic) bond motifs is 1. The minimum atomic E-state index is -4.62. The molecule has 1 nitrogen and oxygen atoms in total. The zero-order valence-electron chi connectivity index (χ0n) is 8.30. The highest BCUT2D eigenvalue weighted by atomic mass is 35.5. The van der Waals surface area contributed by atoms with E-state index >= 15 is 0 Å². The van der Waals surface area contributed by atoms with Crippen molar-refractivity contribution in [3.8, 4) is 0 Å². The number of hydrogen-bond acceptors (Lipinski definition) is 1. The molecule has 0 bridgehead atoms. The van der Waals surface area contributed by atoms with Crippen molar-refractivity contribution in [2.75, 3.05) is 0 Å².